The molecule has 0 unspecified atom stereocenters. The topological polar surface area (TPSA) is 63.0 Å². The van der Waals surface area contributed by atoms with E-state index in [-0.39, 0.29) is 22.6 Å². The largest absolute Gasteiger partial charge is 0.456 e. The molecule has 0 atom stereocenters. The van der Waals surface area contributed by atoms with Crippen molar-refractivity contribution in [3.63, 3.8) is 0 Å². The highest BCUT2D eigenvalue weighted by molar-refractivity contribution is 6.00. The predicted molar refractivity (Wildman–Crippen MR) is 108 cm³/mol. The van der Waals surface area contributed by atoms with Crippen LogP contribution in [0.3, 0.4) is 0 Å². The van der Waals surface area contributed by atoms with Gasteiger partial charge in [-0.25, -0.2) is 4.79 Å². The first-order valence-corrected chi connectivity index (χ1v) is 9.59. The summed E-state index contributed by atoms with van der Waals surface area (Å²) in [6.07, 6.45) is -3.99. The van der Waals surface area contributed by atoms with Crippen molar-refractivity contribution in [1.29, 1.82) is 5.26 Å². The fraction of sp³-hybridized carbons (Fsp3) is 0.435. The van der Waals surface area contributed by atoms with Crippen LogP contribution < -0.4 is 0 Å². The molecule has 0 fully saturated rings. The highest BCUT2D eigenvalue weighted by atomic mass is 19.4. The minimum Gasteiger partial charge on any atom is -0.456 e. The van der Waals surface area contributed by atoms with E-state index in [1.807, 2.05) is 13.8 Å². The molecule has 4 nitrogen and oxygen atoms in total. The van der Waals surface area contributed by atoms with Gasteiger partial charge in [0.2, 0.25) is 0 Å². The van der Waals surface area contributed by atoms with E-state index >= 15 is 0 Å². The smallest absolute Gasteiger partial charge is 0.416 e. The van der Waals surface area contributed by atoms with Crippen molar-refractivity contribution in [2.45, 2.75) is 59.7 Å². The second kappa shape index (κ2) is 8.47. The van der Waals surface area contributed by atoms with E-state index in [9.17, 15) is 23.2 Å². The summed E-state index contributed by atoms with van der Waals surface area (Å²) in [5.74, 6) is -0.480. The van der Waals surface area contributed by atoms with Crippen LogP contribution in [0.15, 0.2) is 24.3 Å². The normalized spacial score (nSPS) is 12.0. The number of nitrogens with zero attached hydrogens (tertiary/aromatic N) is 2. The SMILES string of the molecule is Cc1nc(CC(C)C)c(C#N)c(-c2ccc(C(F)(F)F)cc2)c1C(=O)OC(C)(C)C. The predicted octanol–water partition coefficient (Wildman–Crippen LogP) is 6.10. The van der Waals surface area contributed by atoms with Crippen LogP contribution in [0.5, 0.6) is 0 Å². The van der Waals surface area contributed by atoms with Crippen LogP contribution in [0.25, 0.3) is 11.1 Å². The second-order valence-electron chi connectivity index (χ2n) is 8.56. The van der Waals surface area contributed by atoms with Gasteiger partial charge in [-0.15, -0.1) is 0 Å². The number of hydrogen-bond acceptors (Lipinski definition) is 4. The van der Waals surface area contributed by atoms with Gasteiger partial charge in [-0.1, -0.05) is 26.0 Å². The Morgan fingerprint density at radius 2 is 1.73 bits per heavy atom. The van der Waals surface area contributed by atoms with Gasteiger partial charge in [0.05, 0.1) is 28.1 Å². The van der Waals surface area contributed by atoms with Gasteiger partial charge in [-0.2, -0.15) is 18.4 Å². The first kappa shape index (κ1) is 23.4. The Kier molecular flexibility index (Phi) is 6.60. The molecule has 0 spiro atoms. The number of aryl methyl sites for hydroxylation is 1. The monoisotopic (exact) mass is 418 g/mol. The van der Waals surface area contributed by atoms with Crippen LogP contribution in [0.2, 0.25) is 0 Å². The van der Waals surface area contributed by atoms with E-state index in [0.717, 1.165) is 12.1 Å². The molecule has 0 aliphatic carbocycles. The fourth-order valence-electron chi connectivity index (χ4n) is 3.11. The zero-order chi connectivity index (χ0) is 22.9. The van der Waals surface area contributed by atoms with Gasteiger partial charge in [0.25, 0.3) is 0 Å². The third-order valence-corrected chi connectivity index (χ3v) is 4.27. The van der Waals surface area contributed by atoms with E-state index in [1.54, 1.807) is 27.7 Å². The van der Waals surface area contributed by atoms with Gasteiger partial charge in [-0.05, 0) is 57.7 Å². The Morgan fingerprint density at radius 1 is 1.17 bits per heavy atom. The zero-order valence-corrected chi connectivity index (χ0v) is 17.9. The van der Waals surface area contributed by atoms with Crippen LogP contribution in [0.4, 0.5) is 13.2 Å². The summed E-state index contributed by atoms with van der Waals surface area (Å²) in [5.41, 5.74) is 0.130. The number of esters is 1. The highest BCUT2D eigenvalue weighted by Crippen LogP contribution is 2.36. The van der Waals surface area contributed by atoms with Gasteiger partial charge < -0.3 is 4.74 Å². The van der Waals surface area contributed by atoms with Gasteiger partial charge >= 0.3 is 12.1 Å². The number of halogens is 3. The number of ether oxygens (including phenoxy) is 1. The lowest BCUT2D eigenvalue weighted by Gasteiger charge is -2.23. The summed E-state index contributed by atoms with van der Waals surface area (Å²) >= 11 is 0. The average molecular weight is 418 g/mol. The minimum absolute atomic E-state index is 0.0914. The molecule has 0 amide bonds. The second-order valence-corrected chi connectivity index (χ2v) is 8.56. The molecule has 0 saturated carbocycles. The average Bonchev–Trinajstić information content (AvgIpc) is 2.58. The van der Waals surface area contributed by atoms with Crippen molar-refractivity contribution >= 4 is 5.97 Å². The van der Waals surface area contributed by atoms with Crippen LogP contribution in [0, 0.1) is 24.2 Å². The minimum atomic E-state index is -4.48. The number of carbonyl (C=O) groups excluding carboxylic acids is 1. The lowest BCUT2D eigenvalue weighted by atomic mass is 9.90. The van der Waals surface area contributed by atoms with Gasteiger partial charge in [0.1, 0.15) is 11.7 Å². The lowest BCUT2D eigenvalue weighted by Crippen LogP contribution is -2.25. The third-order valence-electron chi connectivity index (χ3n) is 4.27. The summed E-state index contributed by atoms with van der Waals surface area (Å²) in [4.78, 5) is 17.4. The molecule has 1 aromatic carbocycles. The summed E-state index contributed by atoms with van der Waals surface area (Å²) in [6.45, 7) is 10.7. The molecule has 2 aromatic rings. The molecular formula is C23H25F3N2O2. The summed E-state index contributed by atoms with van der Waals surface area (Å²) in [7, 11) is 0. The maximum atomic E-state index is 13.0. The molecule has 1 aromatic heterocycles. The summed E-state index contributed by atoms with van der Waals surface area (Å²) in [5, 5.41) is 9.86. The fourth-order valence-corrected chi connectivity index (χ4v) is 3.11. The number of rotatable bonds is 4. The number of carbonyl (C=O) groups is 1. The van der Waals surface area contributed by atoms with Crippen molar-refractivity contribution < 1.29 is 22.7 Å². The number of alkyl halides is 3. The standard InChI is InChI=1S/C23H25F3N2O2/c1-13(2)11-18-17(12-27)20(15-7-9-16(10-8-15)23(24,25)26)19(14(3)28-18)21(29)30-22(4,5)6/h7-10,13H,11H2,1-6H3. The molecule has 0 bridgehead atoms. The van der Waals surface area contributed by atoms with E-state index in [4.69, 9.17) is 4.74 Å². The van der Waals surface area contributed by atoms with E-state index in [0.29, 0.717) is 23.4 Å². The number of hydrogen-bond donors (Lipinski definition) is 0. The van der Waals surface area contributed by atoms with Gasteiger partial charge in [0, 0.05) is 5.56 Å². The molecule has 7 heteroatoms. The maximum Gasteiger partial charge on any atom is 0.416 e. The van der Waals surface area contributed by atoms with Crippen LogP contribution in [-0.4, -0.2) is 16.6 Å². The summed E-state index contributed by atoms with van der Waals surface area (Å²) in [6, 6.07) is 6.52. The maximum absolute atomic E-state index is 13.0. The molecule has 160 valence electrons. The van der Waals surface area contributed by atoms with Crippen molar-refractivity contribution in [2.75, 3.05) is 0 Å². The first-order valence-electron chi connectivity index (χ1n) is 9.59. The number of nitriles is 1. The lowest BCUT2D eigenvalue weighted by molar-refractivity contribution is -0.137. The van der Waals surface area contributed by atoms with E-state index in [1.165, 1.54) is 12.1 Å². The van der Waals surface area contributed by atoms with Gasteiger partial charge in [-0.3, -0.25) is 4.98 Å². The molecule has 0 saturated heterocycles. The molecular weight excluding hydrogens is 393 g/mol. The van der Waals surface area contributed by atoms with Crippen LogP contribution in [-0.2, 0) is 17.3 Å². The Morgan fingerprint density at radius 3 is 2.17 bits per heavy atom. The Balaban J connectivity index is 2.80. The molecule has 0 aliphatic rings. The van der Waals surface area contributed by atoms with Crippen LogP contribution in [0.1, 0.15) is 67.5 Å². The molecule has 0 radical (unpaired) electrons. The van der Waals surface area contributed by atoms with Crippen molar-refractivity contribution in [3.05, 3.63) is 52.3 Å². The van der Waals surface area contributed by atoms with E-state index < -0.39 is 23.3 Å². The highest BCUT2D eigenvalue weighted by Gasteiger charge is 2.31. The third kappa shape index (κ3) is 5.38. The summed E-state index contributed by atoms with van der Waals surface area (Å²) < 4.78 is 44.5. The zero-order valence-electron chi connectivity index (χ0n) is 17.9. The van der Waals surface area contributed by atoms with Crippen molar-refractivity contribution in [2.24, 2.45) is 5.92 Å². The molecule has 1 heterocycles. The molecule has 0 aliphatic heterocycles. The first-order chi connectivity index (χ1) is 13.7. The molecule has 30 heavy (non-hydrogen) atoms. The Hall–Kier alpha value is -2.88. The number of benzene rings is 1. The van der Waals surface area contributed by atoms with E-state index in [2.05, 4.69) is 11.1 Å². The number of aromatic nitrogens is 1. The molecule has 0 N–H and O–H groups in total. The Bertz CT molecular complexity index is 980. The molecule has 2 rings (SSSR count). The number of pyridine rings is 1. The van der Waals surface area contributed by atoms with Crippen LogP contribution >= 0.6 is 0 Å². The van der Waals surface area contributed by atoms with Crippen molar-refractivity contribution in [3.8, 4) is 17.2 Å². The quantitative estimate of drug-likeness (QED) is 0.563. The Labute approximate surface area is 174 Å². The van der Waals surface area contributed by atoms with Gasteiger partial charge in [0.15, 0.2) is 0 Å². The van der Waals surface area contributed by atoms with Crippen molar-refractivity contribution in [1.82, 2.24) is 4.98 Å².